The first-order valence-corrected chi connectivity index (χ1v) is 8.02. The lowest BCUT2D eigenvalue weighted by Gasteiger charge is -2.27. The highest BCUT2D eigenvalue weighted by molar-refractivity contribution is 5.76. The second kappa shape index (κ2) is 8.63. The minimum atomic E-state index is 0.263. The van der Waals surface area contributed by atoms with Crippen LogP contribution in [0.15, 0.2) is 18.2 Å². The van der Waals surface area contributed by atoms with Crippen LogP contribution < -0.4 is 14.8 Å². The number of piperazine rings is 1. The zero-order valence-corrected chi connectivity index (χ0v) is 13.6. The summed E-state index contributed by atoms with van der Waals surface area (Å²) in [6, 6.07) is 5.99. The number of nitrogens with one attached hydrogen (secondary N) is 1. The molecule has 1 N–H and O–H groups in total. The zero-order chi connectivity index (χ0) is 15.8. The van der Waals surface area contributed by atoms with E-state index in [9.17, 15) is 4.79 Å². The molecule has 1 heterocycles. The van der Waals surface area contributed by atoms with Crippen LogP contribution in [0.2, 0.25) is 0 Å². The molecule has 1 aromatic rings. The summed E-state index contributed by atoms with van der Waals surface area (Å²) in [5.41, 5.74) is 1.17. The minimum absolute atomic E-state index is 0.263. The van der Waals surface area contributed by atoms with Gasteiger partial charge in [-0.25, -0.2) is 0 Å². The van der Waals surface area contributed by atoms with Gasteiger partial charge in [-0.1, -0.05) is 6.07 Å². The number of nitrogens with zero attached hydrogens (tertiary/aromatic N) is 1. The molecule has 2 rings (SSSR count). The van der Waals surface area contributed by atoms with Gasteiger partial charge in [0, 0.05) is 32.6 Å². The van der Waals surface area contributed by atoms with Crippen molar-refractivity contribution in [3.05, 3.63) is 23.8 Å². The number of ether oxygens (including phenoxy) is 2. The molecule has 1 fully saturated rings. The van der Waals surface area contributed by atoms with Gasteiger partial charge in [0.25, 0.3) is 0 Å². The third kappa shape index (κ3) is 4.63. The second-order valence-electron chi connectivity index (χ2n) is 5.40. The minimum Gasteiger partial charge on any atom is -0.493 e. The van der Waals surface area contributed by atoms with E-state index in [1.54, 1.807) is 7.11 Å². The van der Waals surface area contributed by atoms with Crippen molar-refractivity contribution in [3.8, 4) is 11.5 Å². The lowest BCUT2D eigenvalue weighted by atomic mass is 10.1. The van der Waals surface area contributed by atoms with Crippen molar-refractivity contribution in [3.63, 3.8) is 0 Å². The standard InChI is InChI=1S/C17H26N2O3/c1-3-22-15-8-7-14(13-16(15)21-2)5-4-6-17(20)19-11-9-18-10-12-19/h7-8,13,18H,3-6,9-12H2,1-2H3. The maximum absolute atomic E-state index is 12.1. The number of benzene rings is 1. The number of methoxy groups -OCH3 is 1. The van der Waals surface area contributed by atoms with E-state index in [2.05, 4.69) is 5.32 Å². The van der Waals surface area contributed by atoms with Crippen molar-refractivity contribution in [2.24, 2.45) is 0 Å². The number of carbonyl (C=O) groups is 1. The van der Waals surface area contributed by atoms with Gasteiger partial charge in [0.15, 0.2) is 11.5 Å². The molecule has 5 heteroatoms. The Morgan fingerprint density at radius 3 is 2.73 bits per heavy atom. The number of carbonyl (C=O) groups excluding carboxylic acids is 1. The summed E-state index contributed by atoms with van der Waals surface area (Å²) >= 11 is 0. The van der Waals surface area contributed by atoms with E-state index in [1.165, 1.54) is 5.56 Å². The molecule has 122 valence electrons. The molecule has 1 aromatic carbocycles. The first-order valence-electron chi connectivity index (χ1n) is 8.02. The van der Waals surface area contributed by atoms with Crippen LogP contribution >= 0.6 is 0 Å². The van der Waals surface area contributed by atoms with Crippen molar-refractivity contribution in [2.45, 2.75) is 26.2 Å². The van der Waals surface area contributed by atoms with Crippen molar-refractivity contribution in [1.29, 1.82) is 0 Å². The predicted molar refractivity (Wildman–Crippen MR) is 86.6 cm³/mol. The quantitative estimate of drug-likeness (QED) is 0.835. The first kappa shape index (κ1) is 16.6. The third-order valence-electron chi connectivity index (χ3n) is 3.85. The largest absolute Gasteiger partial charge is 0.493 e. The predicted octanol–water partition coefficient (Wildman–Crippen LogP) is 1.85. The topological polar surface area (TPSA) is 50.8 Å². The smallest absolute Gasteiger partial charge is 0.222 e. The normalized spacial score (nSPS) is 14.7. The van der Waals surface area contributed by atoms with Crippen LogP contribution in [0.5, 0.6) is 11.5 Å². The molecule has 0 bridgehead atoms. The average molecular weight is 306 g/mol. The Balaban J connectivity index is 1.82. The summed E-state index contributed by atoms with van der Waals surface area (Å²) in [4.78, 5) is 14.1. The highest BCUT2D eigenvalue weighted by Gasteiger charge is 2.15. The summed E-state index contributed by atoms with van der Waals surface area (Å²) in [6.45, 7) is 6.04. The van der Waals surface area contributed by atoms with Crippen LogP contribution in [0.25, 0.3) is 0 Å². The highest BCUT2D eigenvalue weighted by atomic mass is 16.5. The van der Waals surface area contributed by atoms with E-state index in [-0.39, 0.29) is 5.91 Å². The van der Waals surface area contributed by atoms with Crippen LogP contribution in [-0.2, 0) is 11.2 Å². The van der Waals surface area contributed by atoms with E-state index in [0.717, 1.165) is 50.5 Å². The van der Waals surface area contributed by atoms with Crippen molar-refractivity contribution < 1.29 is 14.3 Å². The SMILES string of the molecule is CCOc1ccc(CCCC(=O)N2CCNCC2)cc1OC. The molecule has 1 aliphatic heterocycles. The summed E-state index contributed by atoms with van der Waals surface area (Å²) in [5, 5.41) is 3.26. The van der Waals surface area contributed by atoms with E-state index in [0.29, 0.717) is 13.0 Å². The molecule has 5 nitrogen and oxygen atoms in total. The molecular weight excluding hydrogens is 280 g/mol. The molecule has 0 saturated carbocycles. The molecule has 1 amide bonds. The molecule has 0 aromatic heterocycles. The maximum Gasteiger partial charge on any atom is 0.222 e. The van der Waals surface area contributed by atoms with E-state index >= 15 is 0 Å². The van der Waals surface area contributed by atoms with Gasteiger partial charge in [0.2, 0.25) is 5.91 Å². The number of hydrogen-bond donors (Lipinski definition) is 1. The average Bonchev–Trinajstić information content (AvgIpc) is 2.57. The molecule has 0 radical (unpaired) electrons. The van der Waals surface area contributed by atoms with Crippen molar-refractivity contribution in [2.75, 3.05) is 39.9 Å². The fourth-order valence-corrected chi connectivity index (χ4v) is 2.66. The van der Waals surface area contributed by atoms with Gasteiger partial charge in [0.1, 0.15) is 0 Å². The molecule has 0 aliphatic carbocycles. The summed E-state index contributed by atoms with van der Waals surface area (Å²) in [6.07, 6.45) is 2.34. The summed E-state index contributed by atoms with van der Waals surface area (Å²) < 4.78 is 10.9. The Hall–Kier alpha value is -1.75. The van der Waals surface area contributed by atoms with Gasteiger partial charge < -0.3 is 19.7 Å². The summed E-state index contributed by atoms with van der Waals surface area (Å²) in [7, 11) is 1.65. The Bertz CT molecular complexity index is 485. The van der Waals surface area contributed by atoms with Crippen molar-refractivity contribution >= 4 is 5.91 Å². The van der Waals surface area contributed by atoms with Gasteiger partial charge >= 0.3 is 0 Å². The molecule has 0 unspecified atom stereocenters. The van der Waals surface area contributed by atoms with Crippen LogP contribution in [-0.4, -0.2) is 50.7 Å². The summed E-state index contributed by atoms with van der Waals surface area (Å²) in [5.74, 6) is 1.79. The lowest BCUT2D eigenvalue weighted by Crippen LogP contribution is -2.46. The molecule has 1 aliphatic rings. The first-order chi connectivity index (χ1) is 10.7. The van der Waals surface area contributed by atoms with Gasteiger partial charge in [-0.05, 0) is 37.5 Å². The molecule has 0 spiro atoms. The van der Waals surface area contributed by atoms with Gasteiger partial charge in [-0.15, -0.1) is 0 Å². The van der Waals surface area contributed by atoms with Crippen LogP contribution in [0.1, 0.15) is 25.3 Å². The fourth-order valence-electron chi connectivity index (χ4n) is 2.66. The Labute approximate surface area is 132 Å². The van der Waals surface area contributed by atoms with Crippen LogP contribution in [0.4, 0.5) is 0 Å². The number of aryl methyl sites for hydroxylation is 1. The van der Waals surface area contributed by atoms with Gasteiger partial charge in [0.05, 0.1) is 13.7 Å². The Morgan fingerprint density at radius 2 is 2.05 bits per heavy atom. The zero-order valence-electron chi connectivity index (χ0n) is 13.6. The van der Waals surface area contributed by atoms with Crippen molar-refractivity contribution in [1.82, 2.24) is 10.2 Å². The lowest BCUT2D eigenvalue weighted by molar-refractivity contribution is -0.131. The number of hydrogen-bond acceptors (Lipinski definition) is 4. The third-order valence-corrected chi connectivity index (χ3v) is 3.85. The van der Waals surface area contributed by atoms with E-state index in [1.807, 2.05) is 30.0 Å². The van der Waals surface area contributed by atoms with E-state index < -0.39 is 0 Å². The second-order valence-corrected chi connectivity index (χ2v) is 5.40. The Kier molecular flexibility index (Phi) is 6.52. The fraction of sp³-hybridized carbons (Fsp3) is 0.588. The highest BCUT2D eigenvalue weighted by Crippen LogP contribution is 2.28. The van der Waals surface area contributed by atoms with Crippen LogP contribution in [0.3, 0.4) is 0 Å². The van der Waals surface area contributed by atoms with Gasteiger partial charge in [-0.3, -0.25) is 4.79 Å². The van der Waals surface area contributed by atoms with Gasteiger partial charge in [-0.2, -0.15) is 0 Å². The maximum atomic E-state index is 12.1. The monoisotopic (exact) mass is 306 g/mol. The molecule has 1 saturated heterocycles. The molecule has 22 heavy (non-hydrogen) atoms. The Morgan fingerprint density at radius 1 is 1.27 bits per heavy atom. The van der Waals surface area contributed by atoms with E-state index in [4.69, 9.17) is 9.47 Å². The molecular formula is C17H26N2O3. The number of amides is 1. The molecule has 0 atom stereocenters. The number of rotatable bonds is 7. The van der Waals surface area contributed by atoms with Crippen LogP contribution in [0, 0.1) is 0 Å².